The lowest BCUT2D eigenvalue weighted by Crippen LogP contribution is -2.17. The first-order chi connectivity index (χ1) is 8.16. The van der Waals surface area contributed by atoms with Gasteiger partial charge >= 0.3 is 0 Å². The molecule has 0 fully saturated rings. The average Bonchev–Trinajstić information content (AvgIpc) is 2.83. The number of rotatable bonds is 4. The van der Waals surface area contributed by atoms with Crippen molar-refractivity contribution in [3.05, 3.63) is 51.2 Å². The first-order valence-corrected chi connectivity index (χ1v) is 6.67. The quantitative estimate of drug-likeness (QED) is 0.879. The van der Waals surface area contributed by atoms with Gasteiger partial charge in [0.25, 0.3) is 0 Å². The standard InChI is InChI=1S/C13H14ClNOS/c1-9(13-3-2-6-17-13)15-8-10-7-11(14)4-5-12(10)16/h2-7,9,15-16H,8H2,1H3/t9-/m1/s1. The third-order valence-corrected chi connectivity index (χ3v) is 3.90. The Morgan fingerprint density at radius 3 is 2.94 bits per heavy atom. The molecule has 0 saturated heterocycles. The highest BCUT2D eigenvalue weighted by atomic mass is 35.5. The van der Waals surface area contributed by atoms with Crippen molar-refractivity contribution in [1.29, 1.82) is 0 Å². The zero-order chi connectivity index (χ0) is 12.3. The molecule has 0 unspecified atom stereocenters. The number of benzene rings is 1. The molecule has 2 N–H and O–H groups in total. The van der Waals surface area contributed by atoms with Crippen LogP contribution in [0.2, 0.25) is 5.02 Å². The van der Waals surface area contributed by atoms with Crippen molar-refractivity contribution in [3.8, 4) is 5.75 Å². The fraction of sp³-hybridized carbons (Fsp3) is 0.231. The van der Waals surface area contributed by atoms with Crippen LogP contribution in [0.1, 0.15) is 23.4 Å². The molecular formula is C13H14ClNOS. The fourth-order valence-corrected chi connectivity index (χ4v) is 2.55. The molecule has 0 bridgehead atoms. The van der Waals surface area contributed by atoms with E-state index in [9.17, 15) is 5.11 Å². The number of aromatic hydroxyl groups is 1. The number of thiophene rings is 1. The predicted molar refractivity (Wildman–Crippen MR) is 72.7 cm³/mol. The molecule has 4 heteroatoms. The molecular weight excluding hydrogens is 254 g/mol. The number of hydrogen-bond donors (Lipinski definition) is 2. The number of phenols is 1. The van der Waals surface area contributed by atoms with Crippen molar-refractivity contribution in [2.24, 2.45) is 0 Å². The fourth-order valence-electron chi connectivity index (χ4n) is 1.60. The normalized spacial score (nSPS) is 12.6. The molecule has 0 saturated carbocycles. The molecule has 1 aromatic heterocycles. The van der Waals surface area contributed by atoms with E-state index in [1.54, 1.807) is 29.5 Å². The molecule has 1 aromatic carbocycles. The van der Waals surface area contributed by atoms with E-state index in [0.29, 0.717) is 11.6 Å². The Hall–Kier alpha value is -1.03. The van der Waals surface area contributed by atoms with Crippen molar-refractivity contribution >= 4 is 22.9 Å². The van der Waals surface area contributed by atoms with Gasteiger partial charge < -0.3 is 10.4 Å². The summed E-state index contributed by atoms with van der Waals surface area (Å²) in [4.78, 5) is 1.28. The van der Waals surface area contributed by atoms with Crippen LogP contribution >= 0.6 is 22.9 Å². The Morgan fingerprint density at radius 2 is 2.24 bits per heavy atom. The molecule has 2 rings (SSSR count). The van der Waals surface area contributed by atoms with Crippen molar-refractivity contribution in [1.82, 2.24) is 5.32 Å². The van der Waals surface area contributed by atoms with Gasteiger partial charge in [-0.1, -0.05) is 17.7 Å². The lowest BCUT2D eigenvalue weighted by molar-refractivity contribution is 0.461. The third-order valence-electron chi connectivity index (χ3n) is 2.61. The van der Waals surface area contributed by atoms with Gasteiger partial charge in [-0.3, -0.25) is 0 Å². The van der Waals surface area contributed by atoms with Gasteiger partial charge in [0.2, 0.25) is 0 Å². The van der Waals surface area contributed by atoms with Crippen LogP contribution < -0.4 is 5.32 Å². The highest BCUT2D eigenvalue weighted by Crippen LogP contribution is 2.23. The monoisotopic (exact) mass is 267 g/mol. The van der Waals surface area contributed by atoms with E-state index < -0.39 is 0 Å². The first kappa shape index (κ1) is 12.4. The van der Waals surface area contributed by atoms with E-state index in [1.807, 2.05) is 6.07 Å². The zero-order valence-electron chi connectivity index (χ0n) is 9.48. The molecule has 90 valence electrons. The molecule has 0 radical (unpaired) electrons. The van der Waals surface area contributed by atoms with Gasteiger partial charge in [-0.25, -0.2) is 0 Å². The van der Waals surface area contributed by atoms with Crippen LogP contribution in [0.25, 0.3) is 0 Å². The molecule has 0 spiro atoms. The zero-order valence-corrected chi connectivity index (χ0v) is 11.1. The van der Waals surface area contributed by atoms with Gasteiger partial charge in [0, 0.05) is 28.0 Å². The van der Waals surface area contributed by atoms with E-state index in [1.165, 1.54) is 4.88 Å². The van der Waals surface area contributed by atoms with E-state index in [4.69, 9.17) is 11.6 Å². The van der Waals surface area contributed by atoms with Crippen LogP contribution in [0.3, 0.4) is 0 Å². The molecule has 17 heavy (non-hydrogen) atoms. The third kappa shape index (κ3) is 3.22. The van der Waals surface area contributed by atoms with Crippen LogP contribution in [0, 0.1) is 0 Å². The summed E-state index contributed by atoms with van der Waals surface area (Å²) in [7, 11) is 0. The topological polar surface area (TPSA) is 32.3 Å². The van der Waals surface area contributed by atoms with Crippen LogP contribution in [0.15, 0.2) is 35.7 Å². The summed E-state index contributed by atoms with van der Waals surface area (Å²) < 4.78 is 0. The molecule has 2 nitrogen and oxygen atoms in total. The first-order valence-electron chi connectivity index (χ1n) is 5.41. The Bertz CT molecular complexity index is 484. The molecule has 1 atom stereocenters. The maximum atomic E-state index is 9.68. The lowest BCUT2D eigenvalue weighted by Gasteiger charge is -2.13. The summed E-state index contributed by atoms with van der Waals surface area (Å²) in [5, 5.41) is 15.7. The smallest absolute Gasteiger partial charge is 0.120 e. The molecule has 0 aliphatic carbocycles. The number of halogens is 1. The number of hydrogen-bond acceptors (Lipinski definition) is 3. The number of nitrogens with one attached hydrogen (secondary N) is 1. The maximum absolute atomic E-state index is 9.68. The molecule has 1 heterocycles. The van der Waals surface area contributed by atoms with Crippen molar-refractivity contribution in [2.75, 3.05) is 0 Å². The summed E-state index contributed by atoms with van der Waals surface area (Å²) in [6.45, 7) is 2.71. The summed E-state index contributed by atoms with van der Waals surface area (Å²) in [5.41, 5.74) is 0.820. The van der Waals surface area contributed by atoms with Gasteiger partial charge in [0.15, 0.2) is 0 Å². The second kappa shape index (κ2) is 5.54. The van der Waals surface area contributed by atoms with Crippen molar-refractivity contribution < 1.29 is 5.11 Å². The lowest BCUT2D eigenvalue weighted by atomic mass is 10.2. The Morgan fingerprint density at radius 1 is 1.41 bits per heavy atom. The van der Waals surface area contributed by atoms with Gasteiger partial charge in [0.05, 0.1) is 0 Å². The average molecular weight is 268 g/mol. The van der Waals surface area contributed by atoms with E-state index >= 15 is 0 Å². The van der Waals surface area contributed by atoms with E-state index in [2.05, 4.69) is 23.7 Å². The molecule has 0 aliphatic rings. The van der Waals surface area contributed by atoms with Gasteiger partial charge in [0.1, 0.15) is 5.75 Å². The minimum atomic E-state index is 0.272. The van der Waals surface area contributed by atoms with Crippen molar-refractivity contribution in [3.63, 3.8) is 0 Å². The summed E-state index contributed by atoms with van der Waals surface area (Å²) in [6, 6.07) is 9.49. The molecule has 0 amide bonds. The highest BCUT2D eigenvalue weighted by Gasteiger charge is 2.07. The van der Waals surface area contributed by atoms with Crippen LogP contribution in [-0.4, -0.2) is 5.11 Å². The number of phenolic OH excluding ortho intramolecular Hbond substituents is 1. The summed E-state index contributed by atoms with van der Waals surface area (Å²) >= 11 is 7.62. The summed E-state index contributed by atoms with van der Waals surface area (Å²) in [5.74, 6) is 0.278. The second-order valence-corrected chi connectivity index (χ2v) is 5.31. The van der Waals surface area contributed by atoms with Crippen LogP contribution in [0.4, 0.5) is 0 Å². The van der Waals surface area contributed by atoms with Crippen LogP contribution in [0.5, 0.6) is 5.75 Å². The largest absolute Gasteiger partial charge is 0.508 e. The van der Waals surface area contributed by atoms with Gasteiger partial charge in [-0.2, -0.15) is 0 Å². The maximum Gasteiger partial charge on any atom is 0.120 e. The Balaban J connectivity index is 2.00. The SMILES string of the molecule is C[C@@H](NCc1cc(Cl)ccc1O)c1cccs1. The van der Waals surface area contributed by atoms with Gasteiger partial charge in [-0.15, -0.1) is 11.3 Å². The Kier molecular flexibility index (Phi) is 4.05. The van der Waals surface area contributed by atoms with Crippen molar-refractivity contribution in [2.45, 2.75) is 19.5 Å². The minimum Gasteiger partial charge on any atom is -0.508 e. The summed E-state index contributed by atoms with van der Waals surface area (Å²) in [6.07, 6.45) is 0. The van der Waals surface area contributed by atoms with Gasteiger partial charge in [-0.05, 0) is 36.6 Å². The van der Waals surface area contributed by atoms with E-state index in [0.717, 1.165) is 5.56 Å². The molecule has 2 aromatic rings. The second-order valence-electron chi connectivity index (χ2n) is 3.89. The Labute approximate surface area is 110 Å². The molecule has 0 aliphatic heterocycles. The minimum absolute atomic E-state index is 0.272. The highest BCUT2D eigenvalue weighted by molar-refractivity contribution is 7.10. The van der Waals surface area contributed by atoms with Crippen LogP contribution in [-0.2, 0) is 6.54 Å². The van der Waals surface area contributed by atoms with E-state index in [-0.39, 0.29) is 11.8 Å². The predicted octanol–water partition coefficient (Wildman–Crippen LogP) is 3.96.